The van der Waals surface area contributed by atoms with Gasteiger partial charge in [0.1, 0.15) is 5.60 Å². The lowest BCUT2D eigenvalue weighted by atomic mass is 9.78. The number of benzene rings is 1. The minimum absolute atomic E-state index is 0.108. The second-order valence-corrected chi connectivity index (χ2v) is 7.80. The minimum atomic E-state index is -4.94. The van der Waals surface area contributed by atoms with Crippen LogP contribution in [-0.4, -0.2) is 41.8 Å². The summed E-state index contributed by atoms with van der Waals surface area (Å²) < 4.78 is 44.3. The molecule has 0 fully saturated rings. The topological polar surface area (TPSA) is 49.9 Å². The number of rotatable bonds is 0. The molecule has 5 nitrogen and oxygen atoms in total. The van der Waals surface area contributed by atoms with Gasteiger partial charge in [0.2, 0.25) is 0 Å². The number of carbonyl (C=O) groups is 2. The fourth-order valence-electron chi connectivity index (χ4n) is 3.46. The fourth-order valence-corrected chi connectivity index (χ4v) is 3.46. The van der Waals surface area contributed by atoms with E-state index < -0.39 is 29.2 Å². The van der Waals surface area contributed by atoms with E-state index in [0.29, 0.717) is 12.0 Å². The van der Waals surface area contributed by atoms with E-state index in [-0.39, 0.29) is 18.8 Å². The molecule has 0 aromatic heterocycles. The van der Waals surface area contributed by atoms with Crippen molar-refractivity contribution >= 4 is 17.7 Å². The molecule has 2 aliphatic heterocycles. The third-order valence-electron chi connectivity index (χ3n) is 4.66. The number of hydrogen-bond donors (Lipinski definition) is 0. The van der Waals surface area contributed by atoms with Crippen molar-refractivity contribution in [3.63, 3.8) is 0 Å². The Hall–Kier alpha value is -2.51. The molecule has 1 atom stereocenters. The number of halogens is 3. The van der Waals surface area contributed by atoms with Gasteiger partial charge >= 0.3 is 18.2 Å². The zero-order valence-corrected chi connectivity index (χ0v) is 15.3. The van der Waals surface area contributed by atoms with Crippen LogP contribution in [0.1, 0.15) is 32.8 Å². The summed E-state index contributed by atoms with van der Waals surface area (Å²) in [6, 6.07) is 6.58. The summed E-state index contributed by atoms with van der Waals surface area (Å²) in [4.78, 5) is 26.3. The van der Waals surface area contributed by atoms with Crippen LogP contribution >= 0.6 is 0 Å². The van der Waals surface area contributed by atoms with Crippen LogP contribution < -0.4 is 4.90 Å². The highest BCUT2D eigenvalue weighted by atomic mass is 19.4. The molecule has 146 valence electrons. The van der Waals surface area contributed by atoms with Gasteiger partial charge in [-0.05, 0) is 38.8 Å². The van der Waals surface area contributed by atoms with Crippen LogP contribution in [0.3, 0.4) is 0 Å². The van der Waals surface area contributed by atoms with Crippen molar-refractivity contribution in [1.82, 2.24) is 4.90 Å². The van der Waals surface area contributed by atoms with Crippen molar-refractivity contribution < 1.29 is 27.5 Å². The number of hydrogen-bond acceptors (Lipinski definition) is 3. The molecule has 2 amide bonds. The molecule has 0 aliphatic carbocycles. The monoisotopic (exact) mass is 382 g/mol. The molecule has 1 aromatic carbocycles. The summed E-state index contributed by atoms with van der Waals surface area (Å²) in [6.07, 6.45) is -1.83. The fraction of sp³-hybridized carbons (Fsp3) is 0.474. The Bertz CT molecular complexity index is 798. The molecular weight excluding hydrogens is 361 g/mol. The van der Waals surface area contributed by atoms with E-state index in [4.69, 9.17) is 4.74 Å². The zero-order valence-electron chi connectivity index (χ0n) is 15.3. The lowest BCUT2D eigenvalue weighted by molar-refractivity contribution is -0.170. The third-order valence-corrected chi connectivity index (χ3v) is 4.66. The smallest absolute Gasteiger partial charge is 0.443 e. The number of fused-ring (bicyclic) bond motifs is 2. The van der Waals surface area contributed by atoms with Crippen LogP contribution in [0.5, 0.6) is 0 Å². The first-order valence-corrected chi connectivity index (χ1v) is 8.60. The Morgan fingerprint density at radius 1 is 1.15 bits per heavy atom. The van der Waals surface area contributed by atoms with Gasteiger partial charge < -0.3 is 9.64 Å². The molecule has 2 aliphatic rings. The Kier molecular flexibility index (Phi) is 4.48. The summed E-state index contributed by atoms with van der Waals surface area (Å²) in [7, 11) is 0. The average Bonchev–Trinajstić information content (AvgIpc) is 2.87. The van der Waals surface area contributed by atoms with E-state index in [0.717, 1.165) is 4.90 Å². The van der Waals surface area contributed by atoms with Gasteiger partial charge in [0, 0.05) is 30.4 Å². The number of amides is 2. The Morgan fingerprint density at radius 3 is 2.37 bits per heavy atom. The zero-order chi connectivity index (χ0) is 20.0. The van der Waals surface area contributed by atoms with Crippen LogP contribution in [0, 0.1) is 0 Å². The van der Waals surface area contributed by atoms with Crippen molar-refractivity contribution in [2.24, 2.45) is 0 Å². The second kappa shape index (κ2) is 6.28. The highest BCUT2D eigenvalue weighted by Gasteiger charge is 2.51. The van der Waals surface area contributed by atoms with Crippen LogP contribution in [0.2, 0.25) is 0 Å². The largest absolute Gasteiger partial charge is 0.471 e. The maximum absolute atomic E-state index is 13.0. The van der Waals surface area contributed by atoms with Gasteiger partial charge in [0.05, 0.1) is 0 Å². The van der Waals surface area contributed by atoms with Gasteiger partial charge in [0.25, 0.3) is 0 Å². The minimum Gasteiger partial charge on any atom is -0.443 e. The number of ether oxygens (including phenoxy) is 1. The number of anilines is 1. The summed E-state index contributed by atoms with van der Waals surface area (Å²) in [5, 5.41) is 0. The number of alkyl halides is 3. The molecule has 1 spiro atoms. The van der Waals surface area contributed by atoms with Crippen molar-refractivity contribution in [2.75, 3.05) is 18.0 Å². The van der Waals surface area contributed by atoms with E-state index in [1.165, 1.54) is 17.2 Å². The maximum Gasteiger partial charge on any atom is 0.471 e. The molecule has 2 heterocycles. The van der Waals surface area contributed by atoms with E-state index in [1.54, 1.807) is 45.0 Å². The third kappa shape index (κ3) is 3.65. The number of carbonyl (C=O) groups excluding carboxylic acids is 2. The van der Waals surface area contributed by atoms with Crippen LogP contribution in [0.4, 0.5) is 23.7 Å². The van der Waals surface area contributed by atoms with Crippen LogP contribution in [-0.2, 0) is 14.9 Å². The van der Waals surface area contributed by atoms with Gasteiger partial charge in [-0.25, -0.2) is 4.79 Å². The molecule has 3 rings (SSSR count). The lowest BCUT2D eigenvalue weighted by Gasteiger charge is -2.35. The van der Waals surface area contributed by atoms with E-state index in [1.807, 2.05) is 0 Å². The van der Waals surface area contributed by atoms with E-state index in [9.17, 15) is 22.8 Å². The highest BCUT2D eigenvalue weighted by molar-refractivity contribution is 6.00. The summed E-state index contributed by atoms with van der Waals surface area (Å²) in [6.45, 7) is 5.45. The van der Waals surface area contributed by atoms with Crippen molar-refractivity contribution in [2.45, 2.75) is 44.4 Å². The predicted octanol–water partition coefficient (Wildman–Crippen LogP) is 3.99. The molecular formula is C19H21F3N2O3. The van der Waals surface area contributed by atoms with Gasteiger partial charge in [-0.3, -0.25) is 9.69 Å². The van der Waals surface area contributed by atoms with Gasteiger partial charge in [-0.2, -0.15) is 13.2 Å². The molecule has 0 radical (unpaired) electrons. The summed E-state index contributed by atoms with van der Waals surface area (Å²) in [5.41, 5.74) is -0.482. The summed E-state index contributed by atoms with van der Waals surface area (Å²) >= 11 is 0. The number of nitrogens with zero attached hydrogens (tertiary/aromatic N) is 2. The van der Waals surface area contributed by atoms with Gasteiger partial charge in [0.15, 0.2) is 0 Å². The molecule has 0 saturated heterocycles. The highest BCUT2D eigenvalue weighted by Crippen LogP contribution is 2.46. The van der Waals surface area contributed by atoms with Crippen molar-refractivity contribution in [1.29, 1.82) is 0 Å². The quantitative estimate of drug-likeness (QED) is 0.682. The van der Waals surface area contributed by atoms with Gasteiger partial charge in [-0.15, -0.1) is 0 Å². The van der Waals surface area contributed by atoms with Crippen LogP contribution in [0.25, 0.3) is 0 Å². The molecule has 0 saturated carbocycles. The standard InChI is InChI=1S/C19H21F3N2O3/c1-17(2,3)27-16(26)23-10-8-18(9-11-23)12-24(15(25)19(20,21)22)14-7-5-4-6-13(14)18/h4-8,10H,9,11-12H2,1-3H3. The average molecular weight is 382 g/mol. The second-order valence-electron chi connectivity index (χ2n) is 7.80. The summed E-state index contributed by atoms with van der Waals surface area (Å²) in [5.74, 6) is -1.88. The number of para-hydroxylation sites is 1. The molecule has 0 N–H and O–H groups in total. The Balaban J connectivity index is 1.89. The lowest BCUT2D eigenvalue weighted by Crippen LogP contribution is -2.46. The molecule has 0 bridgehead atoms. The first-order chi connectivity index (χ1) is 12.4. The predicted molar refractivity (Wildman–Crippen MR) is 93.2 cm³/mol. The molecule has 27 heavy (non-hydrogen) atoms. The van der Waals surface area contributed by atoms with Gasteiger partial charge in [-0.1, -0.05) is 24.3 Å². The maximum atomic E-state index is 13.0. The Morgan fingerprint density at radius 2 is 1.81 bits per heavy atom. The van der Waals surface area contributed by atoms with E-state index >= 15 is 0 Å². The SMILES string of the molecule is CC(C)(C)OC(=O)N1C=CC2(CC1)CN(C(=O)C(F)(F)F)c1ccccc12. The molecule has 8 heteroatoms. The van der Waals surface area contributed by atoms with Crippen molar-refractivity contribution in [3.05, 3.63) is 42.1 Å². The first kappa shape index (κ1) is 19.3. The van der Waals surface area contributed by atoms with Crippen LogP contribution in [0.15, 0.2) is 36.5 Å². The molecule has 1 aromatic rings. The van der Waals surface area contributed by atoms with Crippen molar-refractivity contribution in [3.8, 4) is 0 Å². The molecule has 1 unspecified atom stereocenters. The van der Waals surface area contributed by atoms with E-state index in [2.05, 4.69) is 0 Å². The Labute approximate surface area is 155 Å². The normalized spacial score (nSPS) is 22.1. The first-order valence-electron chi connectivity index (χ1n) is 8.60.